The van der Waals surface area contributed by atoms with Crippen molar-refractivity contribution in [2.24, 2.45) is 11.8 Å². The second-order valence-electron chi connectivity index (χ2n) is 5.17. The van der Waals surface area contributed by atoms with E-state index in [1.165, 1.54) is 0 Å². The first-order chi connectivity index (χ1) is 8.45. The first kappa shape index (κ1) is 15.3. The summed E-state index contributed by atoms with van der Waals surface area (Å²) in [6.45, 7) is 6.13. The fraction of sp³-hybridized carbons (Fsp3) is 0.846. The minimum Gasteiger partial charge on any atom is -0.481 e. The van der Waals surface area contributed by atoms with Crippen LogP contribution >= 0.6 is 11.8 Å². The van der Waals surface area contributed by atoms with Gasteiger partial charge in [0.2, 0.25) is 5.91 Å². The topological polar surface area (TPSA) is 66.4 Å². The van der Waals surface area contributed by atoms with Crippen LogP contribution in [0, 0.1) is 11.8 Å². The Kier molecular flexibility index (Phi) is 5.99. The highest BCUT2D eigenvalue weighted by Crippen LogP contribution is 2.27. The van der Waals surface area contributed by atoms with Crippen LogP contribution in [0.1, 0.15) is 40.0 Å². The lowest BCUT2D eigenvalue weighted by atomic mass is 10.1. The van der Waals surface area contributed by atoms with Gasteiger partial charge in [-0.05, 0) is 30.9 Å². The van der Waals surface area contributed by atoms with E-state index in [0.29, 0.717) is 18.8 Å². The largest absolute Gasteiger partial charge is 0.481 e. The van der Waals surface area contributed by atoms with E-state index in [-0.39, 0.29) is 23.1 Å². The number of carbonyl (C=O) groups is 2. The first-order valence-electron chi connectivity index (χ1n) is 6.60. The van der Waals surface area contributed by atoms with E-state index < -0.39 is 5.97 Å². The van der Waals surface area contributed by atoms with Gasteiger partial charge in [0.15, 0.2) is 0 Å². The van der Waals surface area contributed by atoms with E-state index in [0.717, 1.165) is 12.2 Å². The smallest absolute Gasteiger partial charge is 0.306 e. The van der Waals surface area contributed by atoms with E-state index >= 15 is 0 Å². The molecule has 1 aliphatic carbocycles. The maximum Gasteiger partial charge on any atom is 0.306 e. The van der Waals surface area contributed by atoms with E-state index in [4.69, 9.17) is 5.11 Å². The normalized spacial score (nSPS) is 25.1. The number of amides is 1. The highest BCUT2D eigenvalue weighted by molar-refractivity contribution is 8.00. The Labute approximate surface area is 113 Å². The summed E-state index contributed by atoms with van der Waals surface area (Å²) >= 11 is 1.65. The lowest BCUT2D eigenvalue weighted by Gasteiger charge is -2.21. The molecular formula is C13H23NO3S. The van der Waals surface area contributed by atoms with E-state index in [9.17, 15) is 9.59 Å². The molecule has 5 heteroatoms. The number of hydrogen-bond acceptors (Lipinski definition) is 3. The molecule has 0 radical (unpaired) electrons. The number of thioether (sulfide) groups is 1. The Bertz CT molecular complexity index is 307. The molecule has 2 N–H and O–H groups in total. The molecule has 4 nitrogen and oxygen atoms in total. The first-order valence-corrected chi connectivity index (χ1v) is 7.65. The van der Waals surface area contributed by atoms with Crippen LogP contribution in [-0.4, -0.2) is 34.0 Å². The fourth-order valence-electron chi connectivity index (χ4n) is 2.37. The van der Waals surface area contributed by atoms with Crippen molar-refractivity contribution in [1.82, 2.24) is 5.32 Å². The molecular weight excluding hydrogens is 250 g/mol. The lowest BCUT2D eigenvalue weighted by molar-refractivity contribution is -0.141. The second-order valence-corrected chi connectivity index (χ2v) is 6.59. The minimum atomic E-state index is -0.741. The third-order valence-electron chi connectivity index (χ3n) is 3.34. The predicted octanol–water partition coefficient (Wildman–Crippen LogP) is 2.13. The standard InChI is InChI=1S/C13H23NO3S/c1-4-18-11(8(2)3)12(15)14-10-6-5-9(7-10)13(16)17/h8-11H,4-7H2,1-3H3,(H,14,15)(H,16,17)/t9-,10+,11?/m1/s1. The summed E-state index contributed by atoms with van der Waals surface area (Å²) in [6.07, 6.45) is 2.03. The van der Waals surface area contributed by atoms with Crippen LogP contribution in [0.3, 0.4) is 0 Å². The molecule has 0 aromatic heterocycles. The van der Waals surface area contributed by atoms with Crippen LogP contribution in [0.5, 0.6) is 0 Å². The van der Waals surface area contributed by atoms with Gasteiger partial charge in [-0.3, -0.25) is 9.59 Å². The van der Waals surface area contributed by atoms with Crippen molar-refractivity contribution in [2.75, 3.05) is 5.75 Å². The molecule has 18 heavy (non-hydrogen) atoms. The average Bonchev–Trinajstić information content (AvgIpc) is 2.73. The molecule has 1 rings (SSSR count). The molecule has 104 valence electrons. The number of rotatable bonds is 6. The average molecular weight is 273 g/mol. The maximum absolute atomic E-state index is 12.1. The number of carbonyl (C=O) groups excluding carboxylic acids is 1. The van der Waals surface area contributed by atoms with Gasteiger partial charge >= 0.3 is 5.97 Å². The number of hydrogen-bond donors (Lipinski definition) is 2. The molecule has 0 aromatic carbocycles. The predicted molar refractivity (Wildman–Crippen MR) is 73.7 cm³/mol. The third kappa shape index (κ3) is 4.19. The molecule has 0 aliphatic heterocycles. The van der Waals surface area contributed by atoms with Gasteiger partial charge in [-0.15, -0.1) is 11.8 Å². The van der Waals surface area contributed by atoms with Crippen LogP contribution in [0.2, 0.25) is 0 Å². The highest BCUT2D eigenvalue weighted by atomic mass is 32.2. The molecule has 1 saturated carbocycles. The quantitative estimate of drug-likeness (QED) is 0.778. The molecule has 3 atom stereocenters. The molecule has 0 heterocycles. The van der Waals surface area contributed by atoms with E-state index in [2.05, 4.69) is 5.32 Å². The fourth-order valence-corrected chi connectivity index (χ4v) is 3.33. The van der Waals surface area contributed by atoms with Gasteiger partial charge in [0.25, 0.3) is 0 Å². The molecule has 1 unspecified atom stereocenters. The van der Waals surface area contributed by atoms with Gasteiger partial charge in [0, 0.05) is 6.04 Å². The molecule has 1 aliphatic rings. The molecule has 0 spiro atoms. The van der Waals surface area contributed by atoms with Crippen molar-refractivity contribution in [3.8, 4) is 0 Å². The monoisotopic (exact) mass is 273 g/mol. The highest BCUT2D eigenvalue weighted by Gasteiger charge is 2.32. The van der Waals surface area contributed by atoms with E-state index in [1.54, 1.807) is 11.8 Å². The Hall–Kier alpha value is -0.710. The van der Waals surface area contributed by atoms with Crippen molar-refractivity contribution in [3.05, 3.63) is 0 Å². The van der Waals surface area contributed by atoms with E-state index in [1.807, 2.05) is 20.8 Å². The summed E-state index contributed by atoms with van der Waals surface area (Å²) in [4.78, 5) is 23.0. The summed E-state index contributed by atoms with van der Waals surface area (Å²) in [5, 5.41) is 11.9. The van der Waals surface area contributed by atoms with Crippen LogP contribution < -0.4 is 5.32 Å². The Morgan fingerprint density at radius 2 is 2.06 bits per heavy atom. The second kappa shape index (κ2) is 7.02. The number of carboxylic acids is 1. The SMILES string of the molecule is CCSC(C(=O)N[C@H]1CC[C@@H](C(=O)O)C1)C(C)C. The zero-order chi connectivity index (χ0) is 13.7. The number of aliphatic carboxylic acids is 1. The van der Waals surface area contributed by atoms with Gasteiger partial charge in [-0.2, -0.15) is 0 Å². The summed E-state index contributed by atoms with van der Waals surface area (Å²) in [5.74, 6) is 0.250. The maximum atomic E-state index is 12.1. The number of nitrogens with one attached hydrogen (secondary N) is 1. The van der Waals surface area contributed by atoms with Crippen molar-refractivity contribution in [2.45, 2.75) is 51.3 Å². The lowest BCUT2D eigenvalue weighted by Crippen LogP contribution is -2.41. The van der Waals surface area contributed by atoms with Crippen molar-refractivity contribution in [1.29, 1.82) is 0 Å². The van der Waals surface area contributed by atoms with Crippen LogP contribution in [0.15, 0.2) is 0 Å². The summed E-state index contributed by atoms with van der Waals surface area (Å²) in [6, 6.07) is 0.0392. The summed E-state index contributed by atoms with van der Waals surface area (Å²) in [5.41, 5.74) is 0. The van der Waals surface area contributed by atoms with Gasteiger partial charge < -0.3 is 10.4 Å². The van der Waals surface area contributed by atoms with Gasteiger partial charge in [0.05, 0.1) is 11.2 Å². The minimum absolute atomic E-state index is 0.0288. The zero-order valence-electron chi connectivity index (χ0n) is 11.3. The van der Waals surface area contributed by atoms with Gasteiger partial charge in [-0.1, -0.05) is 20.8 Å². The summed E-state index contributed by atoms with van der Waals surface area (Å²) < 4.78 is 0. The van der Waals surface area contributed by atoms with Crippen LogP contribution in [-0.2, 0) is 9.59 Å². The zero-order valence-corrected chi connectivity index (χ0v) is 12.1. The molecule has 0 aromatic rings. The summed E-state index contributed by atoms with van der Waals surface area (Å²) in [7, 11) is 0. The van der Waals surface area contributed by atoms with Crippen LogP contribution in [0.4, 0.5) is 0 Å². The van der Waals surface area contributed by atoms with Gasteiger partial charge in [-0.25, -0.2) is 0 Å². The number of carboxylic acid groups (broad SMARTS) is 1. The molecule has 0 bridgehead atoms. The van der Waals surface area contributed by atoms with Crippen molar-refractivity contribution < 1.29 is 14.7 Å². The third-order valence-corrected chi connectivity index (χ3v) is 4.79. The molecule has 0 saturated heterocycles. The Morgan fingerprint density at radius 3 is 2.50 bits per heavy atom. The van der Waals surface area contributed by atoms with Gasteiger partial charge in [0.1, 0.15) is 0 Å². The van der Waals surface area contributed by atoms with Crippen LogP contribution in [0.25, 0.3) is 0 Å². The van der Waals surface area contributed by atoms with Crippen molar-refractivity contribution >= 4 is 23.6 Å². The Morgan fingerprint density at radius 1 is 1.39 bits per heavy atom. The Balaban J connectivity index is 2.47. The molecule has 1 fully saturated rings. The van der Waals surface area contributed by atoms with Crippen molar-refractivity contribution in [3.63, 3.8) is 0 Å². The molecule has 1 amide bonds.